The van der Waals surface area contributed by atoms with Crippen molar-refractivity contribution in [1.29, 1.82) is 0 Å². The Bertz CT molecular complexity index is 1460. The van der Waals surface area contributed by atoms with Crippen molar-refractivity contribution in [2.75, 3.05) is 5.32 Å². The topological polar surface area (TPSA) is 132 Å². The van der Waals surface area contributed by atoms with Crippen molar-refractivity contribution in [2.45, 2.75) is 4.90 Å². The highest BCUT2D eigenvalue weighted by atomic mass is 32.3. The summed E-state index contributed by atoms with van der Waals surface area (Å²) in [4.78, 5) is 17.7. The standard InChI is InChI=1S/C22H17N5O4S/c28-20-15-7-1-3-9-17(15)27(24-13-14-6-5-11-23-12-14)22(29)19(20)21-25-16-8-2-4-10-18(16)32(30,31)26-21/h1-13,28,30-31H,(H,25,26). The predicted molar refractivity (Wildman–Crippen MR) is 125 cm³/mol. The number of aromatic nitrogens is 2. The zero-order valence-electron chi connectivity index (χ0n) is 16.5. The first-order chi connectivity index (χ1) is 15.5. The van der Waals surface area contributed by atoms with E-state index in [0.717, 1.165) is 4.68 Å². The van der Waals surface area contributed by atoms with Gasteiger partial charge in [0.15, 0.2) is 5.84 Å². The van der Waals surface area contributed by atoms with E-state index in [9.17, 15) is 19.0 Å². The Morgan fingerprint density at radius 2 is 1.81 bits per heavy atom. The van der Waals surface area contributed by atoms with E-state index >= 15 is 0 Å². The van der Waals surface area contributed by atoms with Crippen molar-refractivity contribution in [3.05, 3.63) is 94.5 Å². The zero-order valence-corrected chi connectivity index (χ0v) is 17.3. The van der Waals surface area contributed by atoms with E-state index < -0.39 is 16.3 Å². The maximum atomic E-state index is 13.4. The maximum absolute atomic E-state index is 13.4. The first-order valence-corrected chi connectivity index (χ1v) is 11.0. The SMILES string of the molecule is O=c1c(C2=NS(O)(O)c3ccccc3N2)c(O)c2ccccc2n1N=Cc1cccnc1. The third-order valence-corrected chi connectivity index (χ3v) is 6.31. The Hall–Kier alpha value is -3.99. The third kappa shape index (κ3) is 3.32. The van der Waals surface area contributed by atoms with E-state index in [1.165, 1.54) is 12.3 Å². The molecule has 1 aliphatic heterocycles. The van der Waals surface area contributed by atoms with Crippen LogP contribution >= 0.6 is 10.8 Å². The van der Waals surface area contributed by atoms with Crippen LogP contribution in [0.2, 0.25) is 0 Å². The van der Waals surface area contributed by atoms with E-state index in [1.54, 1.807) is 67.0 Å². The quantitative estimate of drug-likeness (QED) is 0.352. The second-order valence-corrected chi connectivity index (χ2v) is 8.63. The minimum atomic E-state index is -3.57. The van der Waals surface area contributed by atoms with Crippen LogP contribution in [-0.4, -0.2) is 35.9 Å². The average Bonchev–Trinajstić information content (AvgIpc) is 2.79. The lowest BCUT2D eigenvalue weighted by Gasteiger charge is -2.34. The molecule has 1 aliphatic rings. The van der Waals surface area contributed by atoms with Crippen LogP contribution in [0, 0.1) is 0 Å². The molecule has 0 aliphatic carbocycles. The molecular formula is C22H17N5O4S. The molecule has 0 saturated carbocycles. The number of benzene rings is 2. The molecule has 32 heavy (non-hydrogen) atoms. The summed E-state index contributed by atoms with van der Waals surface area (Å²) in [5.74, 6) is -0.485. The fraction of sp³-hybridized carbons (Fsp3) is 0. The van der Waals surface area contributed by atoms with Crippen LogP contribution in [0.25, 0.3) is 10.9 Å². The number of anilines is 1. The number of aromatic hydroxyl groups is 1. The second-order valence-electron chi connectivity index (χ2n) is 6.97. The van der Waals surface area contributed by atoms with E-state index in [4.69, 9.17) is 0 Å². The van der Waals surface area contributed by atoms with Crippen LogP contribution in [0.1, 0.15) is 11.1 Å². The number of nitrogens with zero attached hydrogens (tertiary/aromatic N) is 4. The summed E-state index contributed by atoms with van der Waals surface area (Å²) in [6.07, 6.45) is 4.69. The Morgan fingerprint density at radius 1 is 1.03 bits per heavy atom. The number of pyridine rings is 2. The molecule has 160 valence electrons. The highest BCUT2D eigenvalue weighted by molar-refractivity contribution is 8.23. The Kier molecular flexibility index (Phi) is 4.74. The molecular weight excluding hydrogens is 430 g/mol. The molecule has 0 bridgehead atoms. The number of para-hydroxylation sites is 2. The van der Waals surface area contributed by atoms with Crippen LogP contribution < -0.4 is 10.9 Å². The van der Waals surface area contributed by atoms with Gasteiger partial charge in [-0.05, 0) is 30.3 Å². The number of fused-ring (bicyclic) bond motifs is 2. The molecule has 0 saturated heterocycles. The molecule has 10 heteroatoms. The summed E-state index contributed by atoms with van der Waals surface area (Å²) in [7, 11) is -3.57. The van der Waals surface area contributed by atoms with Crippen molar-refractivity contribution in [3.63, 3.8) is 0 Å². The van der Waals surface area contributed by atoms with E-state index in [1.807, 2.05) is 0 Å². The van der Waals surface area contributed by atoms with Crippen LogP contribution in [0.4, 0.5) is 5.69 Å². The molecule has 9 nitrogen and oxygen atoms in total. The van der Waals surface area contributed by atoms with Crippen LogP contribution in [0.3, 0.4) is 0 Å². The summed E-state index contributed by atoms with van der Waals surface area (Å²) in [6.45, 7) is 0. The number of nitrogens with one attached hydrogen (secondary N) is 1. The van der Waals surface area contributed by atoms with Gasteiger partial charge in [-0.1, -0.05) is 41.1 Å². The van der Waals surface area contributed by atoms with E-state index in [-0.39, 0.29) is 22.0 Å². The lowest BCUT2D eigenvalue weighted by Crippen LogP contribution is -2.31. The summed E-state index contributed by atoms with van der Waals surface area (Å²) in [6, 6.07) is 16.8. The molecule has 3 heterocycles. The highest BCUT2D eigenvalue weighted by Crippen LogP contribution is 2.55. The van der Waals surface area contributed by atoms with Gasteiger partial charge in [0.2, 0.25) is 0 Å². The lowest BCUT2D eigenvalue weighted by atomic mass is 10.1. The Labute approximate surface area is 183 Å². The molecule has 0 unspecified atom stereocenters. The number of hydrogen-bond acceptors (Lipinski definition) is 8. The zero-order chi connectivity index (χ0) is 22.3. The van der Waals surface area contributed by atoms with Gasteiger partial charge in [0.25, 0.3) is 5.56 Å². The van der Waals surface area contributed by atoms with Gasteiger partial charge in [-0.25, -0.2) is 0 Å². The highest BCUT2D eigenvalue weighted by Gasteiger charge is 2.30. The molecule has 0 radical (unpaired) electrons. The molecule has 5 rings (SSSR count). The molecule has 2 aromatic heterocycles. The van der Waals surface area contributed by atoms with E-state index in [0.29, 0.717) is 22.2 Å². The monoisotopic (exact) mass is 447 g/mol. The van der Waals surface area contributed by atoms with Crippen molar-refractivity contribution >= 4 is 39.4 Å². The molecule has 0 atom stereocenters. The van der Waals surface area contributed by atoms with Gasteiger partial charge in [0.05, 0.1) is 17.4 Å². The fourth-order valence-corrected chi connectivity index (χ4v) is 4.62. The summed E-state index contributed by atoms with van der Waals surface area (Å²) in [5.41, 5.74) is 0.537. The second kappa shape index (κ2) is 7.61. The minimum absolute atomic E-state index is 0.151. The van der Waals surface area contributed by atoms with Gasteiger partial charge >= 0.3 is 0 Å². The Balaban J connectivity index is 1.74. The van der Waals surface area contributed by atoms with Crippen molar-refractivity contribution in [3.8, 4) is 5.75 Å². The summed E-state index contributed by atoms with van der Waals surface area (Å²) in [5, 5.41) is 18.6. The molecule has 0 spiro atoms. The van der Waals surface area contributed by atoms with Gasteiger partial charge < -0.3 is 10.4 Å². The Morgan fingerprint density at radius 3 is 2.62 bits per heavy atom. The molecule has 4 aromatic rings. The third-order valence-electron chi connectivity index (χ3n) is 4.93. The molecule has 2 aromatic carbocycles. The van der Waals surface area contributed by atoms with Crippen molar-refractivity contribution in [1.82, 2.24) is 9.66 Å². The fourth-order valence-electron chi connectivity index (χ4n) is 3.46. The van der Waals surface area contributed by atoms with Crippen LogP contribution in [0.5, 0.6) is 5.75 Å². The molecule has 0 fully saturated rings. The number of rotatable bonds is 3. The smallest absolute Gasteiger partial charge is 0.286 e. The van der Waals surface area contributed by atoms with Gasteiger partial charge in [-0.2, -0.15) is 9.78 Å². The van der Waals surface area contributed by atoms with E-state index in [2.05, 4.69) is 19.8 Å². The first kappa shape index (κ1) is 19.9. The van der Waals surface area contributed by atoms with Crippen LogP contribution in [-0.2, 0) is 0 Å². The normalized spacial score (nSPS) is 15.8. The summed E-state index contributed by atoms with van der Waals surface area (Å²) < 4.78 is 26.2. The predicted octanol–water partition coefficient (Wildman–Crippen LogP) is 3.88. The maximum Gasteiger partial charge on any atom is 0.286 e. The molecule has 4 N–H and O–H groups in total. The number of hydrogen-bond donors (Lipinski definition) is 4. The number of amidine groups is 1. The average molecular weight is 447 g/mol. The largest absolute Gasteiger partial charge is 0.506 e. The van der Waals surface area contributed by atoms with Gasteiger partial charge in [0, 0.05) is 23.3 Å². The van der Waals surface area contributed by atoms with Crippen molar-refractivity contribution in [2.24, 2.45) is 9.50 Å². The van der Waals surface area contributed by atoms with Crippen LogP contribution in [0.15, 0.2) is 92.2 Å². The molecule has 0 amide bonds. The van der Waals surface area contributed by atoms with Crippen molar-refractivity contribution < 1.29 is 14.2 Å². The summed E-state index contributed by atoms with van der Waals surface area (Å²) >= 11 is 0. The minimum Gasteiger partial charge on any atom is -0.506 e. The van der Waals surface area contributed by atoms with Gasteiger partial charge in [0.1, 0.15) is 16.2 Å². The first-order valence-electron chi connectivity index (χ1n) is 9.51. The van der Waals surface area contributed by atoms with Gasteiger partial charge in [-0.3, -0.25) is 18.9 Å². The lowest BCUT2D eigenvalue weighted by molar-refractivity contribution is 0.478. The van der Waals surface area contributed by atoms with Gasteiger partial charge in [-0.15, -0.1) is 4.40 Å².